The van der Waals surface area contributed by atoms with Crippen LogP contribution in [0.3, 0.4) is 0 Å². The Kier molecular flexibility index (Phi) is 6.05. The van der Waals surface area contributed by atoms with Crippen LogP contribution in [0.4, 0.5) is 0 Å². The van der Waals surface area contributed by atoms with Crippen LogP contribution in [0, 0.1) is 0 Å². The molecule has 0 bridgehead atoms. The highest BCUT2D eigenvalue weighted by Gasteiger charge is 2.05. The van der Waals surface area contributed by atoms with Crippen molar-refractivity contribution < 1.29 is 19.1 Å². The van der Waals surface area contributed by atoms with Crippen LogP contribution < -0.4 is 0 Å². The van der Waals surface area contributed by atoms with Crippen molar-refractivity contribution in [2.75, 3.05) is 13.7 Å². The molecule has 0 aliphatic rings. The summed E-state index contributed by atoms with van der Waals surface area (Å²) in [6.45, 7) is 1.70. The first kappa shape index (κ1) is 10.9. The van der Waals surface area contributed by atoms with Gasteiger partial charge in [-0.3, -0.25) is 4.79 Å². The Hall–Kier alpha value is -1.06. The van der Waals surface area contributed by atoms with Crippen LogP contribution in [0.1, 0.15) is 26.2 Å². The molecule has 0 aliphatic heterocycles. The van der Waals surface area contributed by atoms with Gasteiger partial charge in [-0.05, 0) is 6.42 Å². The quantitative estimate of drug-likeness (QED) is 0.581. The van der Waals surface area contributed by atoms with Gasteiger partial charge < -0.3 is 9.47 Å². The van der Waals surface area contributed by atoms with Crippen molar-refractivity contribution in [1.82, 2.24) is 0 Å². The van der Waals surface area contributed by atoms with Crippen LogP contribution in [-0.2, 0) is 19.1 Å². The van der Waals surface area contributed by atoms with Gasteiger partial charge >= 0.3 is 11.9 Å². The Morgan fingerprint density at radius 3 is 2.42 bits per heavy atom. The third kappa shape index (κ3) is 5.70. The minimum Gasteiger partial charge on any atom is -0.466 e. The van der Waals surface area contributed by atoms with Gasteiger partial charge in [0.25, 0.3) is 0 Å². The van der Waals surface area contributed by atoms with Gasteiger partial charge in [-0.2, -0.15) is 0 Å². The summed E-state index contributed by atoms with van der Waals surface area (Å²) in [5, 5.41) is 0. The molecule has 0 heterocycles. The van der Waals surface area contributed by atoms with Crippen molar-refractivity contribution in [1.29, 1.82) is 0 Å². The molecule has 0 N–H and O–H groups in total. The molecule has 0 unspecified atom stereocenters. The molecule has 0 aromatic carbocycles. The Morgan fingerprint density at radius 1 is 1.25 bits per heavy atom. The van der Waals surface area contributed by atoms with Gasteiger partial charge in [0.05, 0.1) is 7.11 Å². The molecule has 0 saturated carbocycles. The first-order valence-electron chi connectivity index (χ1n) is 3.93. The van der Waals surface area contributed by atoms with Gasteiger partial charge in [0, 0.05) is 6.42 Å². The van der Waals surface area contributed by atoms with Crippen LogP contribution in [0.15, 0.2) is 0 Å². The predicted octanol–water partition coefficient (Wildman–Crippen LogP) is 0.893. The monoisotopic (exact) mass is 174 g/mol. The van der Waals surface area contributed by atoms with Gasteiger partial charge in [0.15, 0.2) is 6.61 Å². The molecule has 4 nitrogen and oxygen atoms in total. The lowest BCUT2D eigenvalue weighted by atomic mass is 10.2. The summed E-state index contributed by atoms with van der Waals surface area (Å²) in [4.78, 5) is 21.3. The van der Waals surface area contributed by atoms with Crippen LogP contribution in [0.2, 0.25) is 0 Å². The predicted molar refractivity (Wildman–Crippen MR) is 42.5 cm³/mol. The zero-order valence-corrected chi connectivity index (χ0v) is 7.46. The molecule has 0 fully saturated rings. The van der Waals surface area contributed by atoms with Crippen molar-refractivity contribution in [3.8, 4) is 0 Å². The molecule has 0 aromatic heterocycles. The molecular formula is C8H14O4. The third-order valence-electron chi connectivity index (χ3n) is 1.31. The van der Waals surface area contributed by atoms with Crippen LogP contribution in [-0.4, -0.2) is 25.7 Å². The molecule has 4 heteroatoms. The van der Waals surface area contributed by atoms with Crippen LogP contribution in [0.25, 0.3) is 0 Å². The van der Waals surface area contributed by atoms with Crippen molar-refractivity contribution >= 4 is 11.9 Å². The van der Waals surface area contributed by atoms with E-state index in [1.54, 1.807) is 0 Å². The molecule has 0 amide bonds. The average Bonchev–Trinajstić information content (AvgIpc) is 2.10. The number of hydrogen-bond acceptors (Lipinski definition) is 4. The van der Waals surface area contributed by atoms with Crippen molar-refractivity contribution in [2.24, 2.45) is 0 Å². The molecular weight excluding hydrogens is 160 g/mol. The lowest BCUT2D eigenvalue weighted by molar-refractivity contribution is -0.157. The molecule has 0 spiro atoms. The largest absolute Gasteiger partial charge is 0.466 e. The first-order chi connectivity index (χ1) is 5.70. The van der Waals surface area contributed by atoms with E-state index in [0.717, 1.165) is 12.8 Å². The topological polar surface area (TPSA) is 52.6 Å². The molecule has 0 saturated heterocycles. The highest BCUT2D eigenvalue weighted by molar-refractivity contribution is 5.76. The summed E-state index contributed by atoms with van der Waals surface area (Å²) in [5.74, 6) is -0.873. The maximum Gasteiger partial charge on any atom is 0.344 e. The van der Waals surface area contributed by atoms with E-state index in [4.69, 9.17) is 0 Å². The lowest BCUT2D eigenvalue weighted by Gasteiger charge is -2.01. The van der Waals surface area contributed by atoms with Gasteiger partial charge in [-0.25, -0.2) is 4.79 Å². The van der Waals surface area contributed by atoms with Gasteiger partial charge in [-0.15, -0.1) is 0 Å². The van der Waals surface area contributed by atoms with E-state index in [0.29, 0.717) is 6.42 Å². The summed E-state index contributed by atoms with van der Waals surface area (Å²) in [7, 11) is 1.25. The minimum absolute atomic E-state index is 0.279. The maximum atomic E-state index is 10.8. The number of rotatable bonds is 5. The van der Waals surface area contributed by atoms with E-state index in [1.807, 2.05) is 6.92 Å². The van der Waals surface area contributed by atoms with E-state index >= 15 is 0 Å². The number of carbonyl (C=O) groups is 2. The summed E-state index contributed by atoms with van der Waals surface area (Å²) < 4.78 is 8.87. The first-order valence-corrected chi connectivity index (χ1v) is 3.93. The van der Waals surface area contributed by atoms with Crippen molar-refractivity contribution in [3.05, 3.63) is 0 Å². The third-order valence-corrected chi connectivity index (χ3v) is 1.31. The van der Waals surface area contributed by atoms with Gasteiger partial charge in [0.1, 0.15) is 0 Å². The normalized spacial score (nSPS) is 9.17. The minimum atomic E-state index is -0.528. The maximum absolute atomic E-state index is 10.8. The van der Waals surface area contributed by atoms with E-state index in [9.17, 15) is 9.59 Å². The Balaban J connectivity index is 3.37. The van der Waals surface area contributed by atoms with E-state index in [1.165, 1.54) is 7.11 Å². The number of ether oxygens (including phenoxy) is 2. The number of hydrogen-bond donors (Lipinski definition) is 0. The highest BCUT2D eigenvalue weighted by atomic mass is 16.6. The van der Waals surface area contributed by atoms with E-state index in [-0.39, 0.29) is 12.6 Å². The second-order valence-electron chi connectivity index (χ2n) is 2.34. The second-order valence-corrected chi connectivity index (χ2v) is 2.34. The zero-order valence-electron chi connectivity index (χ0n) is 7.46. The molecule has 0 aliphatic carbocycles. The van der Waals surface area contributed by atoms with Crippen molar-refractivity contribution in [3.63, 3.8) is 0 Å². The fraction of sp³-hybridized carbons (Fsp3) is 0.750. The number of unbranched alkanes of at least 4 members (excludes halogenated alkanes) is 1. The fourth-order valence-electron chi connectivity index (χ4n) is 0.592. The lowest BCUT2D eigenvalue weighted by Crippen LogP contribution is -2.14. The number of esters is 2. The smallest absolute Gasteiger partial charge is 0.344 e. The molecule has 0 rings (SSSR count). The highest BCUT2D eigenvalue weighted by Crippen LogP contribution is 1.96. The summed E-state index contributed by atoms with van der Waals surface area (Å²) in [5.41, 5.74) is 0. The summed E-state index contributed by atoms with van der Waals surface area (Å²) >= 11 is 0. The van der Waals surface area contributed by atoms with E-state index < -0.39 is 5.97 Å². The molecule has 12 heavy (non-hydrogen) atoms. The molecule has 0 atom stereocenters. The SMILES string of the molecule is CCCCC(=O)OCC(=O)OC. The fourth-order valence-corrected chi connectivity index (χ4v) is 0.592. The van der Waals surface area contributed by atoms with Crippen LogP contribution >= 0.6 is 0 Å². The summed E-state index contributed by atoms with van der Waals surface area (Å²) in [6, 6.07) is 0. The number of carbonyl (C=O) groups excluding carboxylic acids is 2. The molecule has 0 aromatic rings. The van der Waals surface area contributed by atoms with Gasteiger partial charge in [0.2, 0.25) is 0 Å². The molecule has 0 radical (unpaired) electrons. The Morgan fingerprint density at radius 2 is 1.92 bits per heavy atom. The second kappa shape index (κ2) is 6.64. The zero-order chi connectivity index (χ0) is 9.40. The van der Waals surface area contributed by atoms with Crippen molar-refractivity contribution in [2.45, 2.75) is 26.2 Å². The molecule has 70 valence electrons. The average molecular weight is 174 g/mol. The van der Waals surface area contributed by atoms with E-state index in [2.05, 4.69) is 9.47 Å². The Bertz CT molecular complexity index is 153. The van der Waals surface area contributed by atoms with Gasteiger partial charge in [-0.1, -0.05) is 13.3 Å². The Labute approximate surface area is 71.8 Å². The number of methoxy groups -OCH3 is 1. The van der Waals surface area contributed by atoms with Crippen LogP contribution in [0.5, 0.6) is 0 Å². The standard InChI is InChI=1S/C8H14O4/c1-3-4-5-7(9)12-6-8(10)11-2/h3-6H2,1-2H3. The summed E-state index contributed by atoms with van der Waals surface area (Å²) in [6.07, 6.45) is 2.10.